The average molecular weight is 367 g/mol. The second kappa shape index (κ2) is 7.65. The Morgan fingerprint density at radius 3 is 2.88 bits per heavy atom. The predicted molar refractivity (Wildman–Crippen MR) is 97.1 cm³/mol. The number of aryl methyl sites for hydroxylation is 1. The number of benzene rings is 1. The number of ether oxygens (including phenoxy) is 1. The van der Waals surface area contributed by atoms with Gasteiger partial charge in [-0.15, -0.1) is 11.3 Å². The van der Waals surface area contributed by atoms with Crippen LogP contribution in [0.1, 0.15) is 16.5 Å². The van der Waals surface area contributed by atoms with Gasteiger partial charge in [0, 0.05) is 30.1 Å². The monoisotopic (exact) mass is 366 g/mol. The smallest absolute Gasteiger partial charge is 0.215 e. The Kier molecular flexibility index (Phi) is 5.55. The van der Waals surface area contributed by atoms with Gasteiger partial charge < -0.3 is 10.1 Å². The molecule has 1 aromatic heterocycles. The van der Waals surface area contributed by atoms with Crippen LogP contribution in [0.2, 0.25) is 0 Å². The Balaban J connectivity index is 1.83. The standard InChI is InChI=1S/C17H22N2O3S2/c1-22-17-7-3-2-6-15(17)16-13-18-9-10-19(16)24(20,21)12-8-14-5-4-11-23-14/h2-7,11,16,18H,8-10,12-13H2,1H3. The molecule has 2 aromatic rings. The third-order valence-corrected chi connectivity index (χ3v) is 7.04. The minimum absolute atomic E-state index is 0.138. The Morgan fingerprint density at radius 2 is 2.12 bits per heavy atom. The van der Waals surface area contributed by atoms with E-state index in [1.807, 2.05) is 41.8 Å². The number of nitrogens with zero attached hydrogens (tertiary/aromatic N) is 1. The second-order valence-electron chi connectivity index (χ2n) is 5.72. The van der Waals surface area contributed by atoms with Crippen molar-refractivity contribution in [1.29, 1.82) is 0 Å². The highest BCUT2D eigenvalue weighted by Gasteiger charge is 2.34. The molecule has 1 aromatic carbocycles. The van der Waals surface area contributed by atoms with Crippen molar-refractivity contribution in [1.82, 2.24) is 9.62 Å². The van der Waals surface area contributed by atoms with Crippen molar-refractivity contribution in [2.45, 2.75) is 12.5 Å². The van der Waals surface area contributed by atoms with E-state index in [0.717, 1.165) is 16.2 Å². The van der Waals surface area contributed by atoms with Crippen molar-refractivity contribution in [2.75, 3.05) is 32.5 Å². The molecule has 0 bridgehead atoms. The van der Waals surface area contributed by atoms with Crippen LogP contribution >= 0.6 is 11.3 Å². The number of sulfonamides is 1. The first-order chi connectivity index (χ1) is 11.6. The lowest BCUT2D eigenvalue weighted by Gasteiger charge is -2.36. The molecule has 0 radical (unpaired) electrons. The van der Waals surface area contributed by atoms with E-state index in [2.05, 4.69) is 5.32 Å². The van der Waals surface area contributed by atoms with Crippen LogP contribution in [-0.4, -0.2) is 45.2 Å². The van der Waals surface area contributed by atoms with E-state index in [1.165, 1.54) is 0 Å². The molecule has 1 unspecified atom stereocenters. The van der Waals surface area contributed by atoms with E-state index in [9.17, 15) is 8.42 Å². The zero-order chi connectivity index (χ0) is 17.0. The normalized spacial score (nSPS) is 19.3. The zero-order valence-electron chi connectivity index (χ0n) is 13.6. The van der Waals surface area contributed by atoms with Crippen LogP contribution < -0.4 is 10.1 Å². The van der Waals surface area contributed by atoms with Gasteiger partial charge in [0.1, 0.15) is 5.75 Å². The van der Waals surface area contributed by atoms with E-state index in [-0.39, 0.29) is 11.8 Å². The summed E-state index contributed by atoms with van der Waals surface area (Å²) in [6.07, 6.45) is 0.558. The largest absolute Gasteiger partial charge is 0.496 e. The summed E-state index contributed by atoms with van der Waals surface area (Å²) in [6, 6.07) is 11.3. The molecule has 1 fully saturated rings. The van der Waals surface area contributed by atoms with Crippen LogP contribution in [0.25, 0.3) is 0 Å². The molecule has 1 N–H and O–H groups in total. The van der Waals surface area contributed by atoms with Gasteiger partial charge in [-0.05, 0) is 23.9 Å². The molecule has 0 spiro atoms. The molecular weight excluding hydrogens is 344 g/mol. The van der Waals surface area contributed by atoms with Crippen molar-refractivity contribution < 1.29 is 13.2 Å². The third kappa shape index (κ3) is 3.80. The molecule has 0 amide bonds. The van der Waals surface area contributed by atoms with Crippen LogP contribution in [-0.2, 0) is 16.4 Å². The van der Waals surface area contributed by atoms with Gasteiger partial charge in [0.25, 0.3) is 0 Å². The number of rotatable bonds is 6. The highest BCUT2D eigenvalue weighted by Crippen LogP contribution is 2.32. The first-order valence-corrected chi connectivity index (χ1v) is 10.5. The Morgan fingerprint density at radius 1 is 1.29 bits per heavy atom. The molecule has 1 aliphatic heterocycles. The van der Waals surface area contributed by atoms with Crippen molar-refractivity contribution in [3.63, 3.8) is 0 Å². The lowest BCUT2D eigenvalue weighted by molar-refractivity contribution is 0.264. The Labute approximate surface area is 147 Å². The maximum absolute atomic E-state index is 12.9. The van der Waals surface area contributed by atoms with Crippen molar-refractivity contribution in [3.8, 4) is 5.75 Å². The molecular formula is C17H22N2O3S2. The Hall–Kier alpha value is -1.41. The summed E-state index contributed by atoms with van der Waals surface area (Å²) in [4.78, 5) is 1.10. The lowest BCUT2D eigenvalue weighted by atomic mass is 10.0. The van der Waals surface area contributed by atoms with Gasteiger partial charge in [-0.1, -0.05) is 24.3 Å². The molecule has 5 nitrogen and oxygen atoms in total. The minimum Gasteiger partial charge on any atom is -0.496 e. The molecule has 1 aliphatic rings. The fourth-order valence-electron chi connectivity index (χ4n) is 3.03. The zero-order valence-corrected chi connectivity index (χ0v) is 15.3. The molecule has 0 saturated carbocycles. The maximum Gasteiger partial charge on any atom is 0.215 e. The SMILES string of the molecule is COc1ccccc1C1CNCCN1S(=O)(=O)CCc1cccs1. The lowest BCUT2D eigenvalue weighted by Crippen LogP contribution is -2.49. The van der Waals surface area contributed by atoms with Crippen LogP contribution in [0.15, 0.2) is 41.8 Å². The highest BCUT2D eigenvalue weighted by atomic mass is 32.2. The molecule has 2 heterocycles. The van der Waals surface area contributed by atoms with Gasteiger partial charge in [-0.25, -0.2) is 8.42 Å². The van der Waals surface area contributed by atoms with Crippen LogP contribution in [0.5, 0.6) is 5.75 Å². The summed E-state index contributed by atoms with van der Waals surface area (Å²) in [5.74, 6) is 0.865. The number of methoxy groups -OCH3 is 1. The summed E-state index contributed by atoms with van der Waals surface area (Å²) in [7, 11) is -1.72. The quantitative estimate of drug-likeness (QED) is 0.852. The van der Waals surface area contributed by atoms with E-state index < -0.39 is 10.0 Å². The van der Waals surface area contributed by atoms with Gasteiger partial charge in [-0.3, -0.25) is 0 Å². The van der Waals surface area contributed by atoms with Gasteiger partial charge in [0.15, 0.2) is 0 Å². The van der Waals surface area contributed by atoms with E-state index in [4.69, 9.17) is 4.74 Å². The van der Waals surface area contributed by atoms with E-state index in [0.29, 0.717) is 26.1 Å². The number of hydrogen-bond acceptors (Lipinski definition) is 5. The first-order valence-electron chi connectivity index (χ1n) is 7.97. The van der Waals surface area contributed by atoms with E-state index in [1.54, 1.807) is 22.8 Å². The van der Waals surface area contributed by atoms with Crippen LogP contribution in [0, 0.1) is 0 Å². The summed E-state index contributed by atoms with van der Waals surface area (Å²) >= 11 is 1.60. The van der Waals surface area contributed by atoms with Crippen LogP contribution in [0.3, 0.4) is 0 Å². The summed E-state index contributed by atoms with van der Waals surface area (Å²) in [5, 5.41) is 5.27. The number of para-hydroxylation sites is 1. The van der Waals surface area contributed by atoms with E-state index >= 15 is 0 Å². The van der Waals surface area contributed by atoms with Crippen molar-refractivity contribution in [2.24, 2.45) is 0 Å². The molecule has 24 heavy (non-hydrogen) atoms. The number of piperazine rings is 1. The number of hydrogen-bond donors (Lipinski definition) is 1. The fraction of sp³-hybridized carbons (Fsp3) is 0.412. The van der Waals surface area contributed by atoms with Crippen LogP contribution in [0.4, 0.5) is 0 Å². The molecule has 1 atom stereocenters. The summed E-state index contributed by atoms with van der Waals surface area (Å²) < 4.78 is 32.9. The summed E-state index contributed by atoms with van der Waals surface area (Å²) in [5.41, 5.74) is 0.909. The molecule has 1 saturated heterocycles. The van der Waals surface area contributed by atoms with Gasteiger partial charge in [0.05, 0.1) is 18.9 Å². The molecule has 0 aliphatic carbocycles. The average Bonchev–Trinajstić information content (AvgIpc) is 3.14. The molecule has 3 rings (SSSR count). The van der Waals surface area contributed by atoms with Gasteiger partial charge in [0.2, 0.25) is 10.0 Å². The fourth-order valence-corrected chi connectivity index (χ4v) is 5.52. The first kappa shape index (κ1) is 17.4. The highest BCUT2D eigenvalue weighted by molar-refractivity contribution is 7.89. The molecule has 130 valence electrons. The predicted octanol–water partition coefficient (Wildman–Crippen LogP) is 2.28. The molecule has 7 heteroatoms. The third-order valence-electron chi connectivity index (χ3n) is 4.24. The topological polar surface area (TPSA) is 58.6 Å². The Bertz CT molecular complexity index is 760. The summed E-state index contributed by atoms with van der Waals surface area (Å²) in [6.45, 7) is 1.75. The second-order valence-corrected chi connectivity index (χ2v) is 8.79. The van der Waals surface area contributed by atoms with Crippen molar-refractivity contribution in [3.05, 3.63) is 52.2 Å². The number of nitrogens with one attached hydrogen (secondary N) is 1. The number of thiophene rings is 1. The van der Waals surface area contributed by atoms with Gasteiger partial charge >= 0.3 is 0 Å². The van der Waals surface area contributed by atoms with Gasteiger partial charge in [-0.2, -0.15) is 4.31 Å². The minimum atomic E-state index is -3.34. The van der Waals surface area contributed by atoms with Crippen molar-refractivity contribution >= 4 is 21.4 Å². The maximum atomic E-state index is 12.9.